The summed E-state index contributed by atoms with van der Waals surface area (Å²) in [5.74, 6) is -11.1. The number of guanidine groups is 1. The van der Waals surface area contributed by atoms with E-state index >= 15 is 0 Å². The van der Waals surface area contributed by atoms with E-state index in [0.29, 0.717) is 61.5 Å². The highest BCUT2D eigenvalue weighted by Gasteiger charge is 2.43. The number of nitrogens with zero attached hydrogens (tertiary/aromatic N) is 4. The number of carbonyl (C=O) groups is 13. The quantitative estimate of drug-likeness (QED) is 0.0564. The van der Waals surface area contributed by atoms with Gasteiger partial charge < -0.3 is 94.4 Å². The maximum absolute atomic E-state index is 15.0. The number of ether oxygens (including phenoxy) is 1. The Morgan fingerprint density at radius 1 is 0.648 bits per heavy atom. The van der Waals surface area contributed by atoms with Crippen molar-refractivity contribution in [1.82, 2.24) is 52.3 Å². The molecule has 0 spiro atoms. The largest absolute Gasteiger partial charge is 0.508 e. The van der Waals surface area contributed by atoms with Crippen molar-refractivity contribution in [2.45, 2.75) is 222 Å². The molecule has 3 aliphatic heterocycles. The number of thioether (sulfide) groups is 2. The summed E-state index contributed by atoms with van der Waals surface area (Å²) in [5.41, 5.74) is 18.3. The number of oxime groups is 1. The molecule has 2 saturated heterocycles. The van der Waals surface area contributed by atoms with E-state index in [2.05, 4.69) is 52.7 Å². The topological polar surface area (TPSA) is 507 Å². The Balaban J connectivity index is 1.47. The summed E-state index contributed by atoms with van der Waals surface area (Å²) in [7, 11) is 0. The Morgan fingerprint density at radius 2 is 1.21 bits per heavy atom. The lowest BCUT2D eigenvalue weighted by Crippen LogP contribution is -2.61. The number of aliphatic carboxylic acids is 2. The van der Waals surface area contributed by atoms with Crippen LogP contribution in [0.4, 0.5) is 0 Å². The van der Waals surface area contributed by atoms with Gasteiger partial charge in [-0.2, -0.15) is 23.5 Å². The van der Waals surface area contributed by atoms with Crippen molar-refractivity contribution >= 4 is 113 Å². The minimum Gasteiger partial charge on any atom is -0.508 e. The number of hydrogen-bond donors (Lipinski definition) is 14. The number of carbonyl (C=O) groups excluding carboxylic acids is 11. The first-order valence-corrected chi connectivity index (χ1v) is 38.0. The third-order valence-electron chi connectivity index (χ3n) is 17.4. The molecule has 11 amide bonds. The lowest BCUT2D eigenvalue weighted by atomic mass is 9.87. The first kappa shape index (κ1) is 86.2. The Hall–Kier alpha value is -9.41. The van der Waals surface area contributed by atoms with E-state index in [0.717, 1.165) is 30.2 Å². The molecule has 33 nitrogen and oxygen atoms in total. The summed E-state index contributed by atoms with van der Waals surface area (Å²) in [5, 5.41) is 54.7. The van der Waals surface area contributed by atoms with Crippen LogP contribution in [0.5, 0.6) is 11.5 Å². The summed E-state index contributed by atoms with van der Waals surface area (Å²) in [4.78, 5) is 192. The van der Waals surface area contributed by atoms with Crippen LogP contribution in [0.2, 0.25) is 0 Å². The van der Waals surface area contributed by atoms with Gasteiger partial charge in [-0.1, -0.05) is 63.9 Å². The van der Waals surface area contributed by atoms with Gasteiger partial charge in [0.1, 0.15) is 84.7 Å². The SMILES string of the molecule is CCCC[C@@H]1NC(=O)[C@@H]2CCCN2C(=O)[C@H](C)NC(=O)[C@H](CCCN=C(N)N)NC(=O)C=NOCCCCCCOc2cc(CSC)cc(c2)CSC[C@@H](C(N)=O)NC(=O)[C@H](CCC(=O)O)NC(=O)[C@H](Cc2ccc(O)cc2)NC(=O)[C@@H]2CCCN2C(=O)[C@H](CC(C)(C)C)NC(=O)[C@H](CC(=O)O)NC1=O. The highest BCUT2D eigenvalue weighted by atomic mass is 32.2. The first-order valence-electron chi connectivity index (χ1n) is 35.4. The fourth-order valence-corrected chi connectivity index (χ4v) is 13.6. The predicted octanol–water partition coefficient (Wildman–Crippen LogP) is 1.07. The second-order valence-electron chi connectivity index (χ2n) is 27.5. The molecular weight excluding hydrogens is 1400 g/mol. The molecule has 17 N–H and O–H groups in total. The number of hydrogen-bond acceptors (Lipinski definition) is 20. The van der Waals surface area contributed by atoms with E-state index in [-0.39, 0.29) is 95.1 Å². The number of unbranched alkanes of at least 4 members (excludes halogenated alkanes) is 1. The molecule has 2 aromatic carbocycles. The number of phenols is 1. The molecular formula is C70H105N15O18S2. The van der Waals surface area contributed by atoms with Gasteiger partial charge in [-0.3, -0.25) is 67.3 Å². The number of benzene rings is 2. The van der Waals surface area contributed by atoms with Crippen LogP contribution in [-0.2, 0) is 85.1 Å². The van der Waals surface area contributed by atoms with Gasteiger partial charge in [0.15, 0.2) is 5.96 Å². The van der Waals surface area contributed by atoms with Crippen LogP contribution >= 0.6 is 23.5 Å². The van der Waals surface area contributed by atoms with Crippen molar-refractivity contribution in [2.24, 2.45) is 32.8 Å². The molecule has 0 radical (unpaired) electrons. The molecule has 0 aromatic heterocycles. The van der Waals surface area contributed by atoms with Crippen LogP contribution in [0, 0.1) is 5.41 Å². The Bertz CT molecular complexity index is 3390. The molecule has 2 aromatic rings. The molecule has 10 atom stereocenters. The molecule has 3 aliphatic rings. The number of primary amides is 1. The van der Waals surface area contributed by atoms with Crippen molar-refractivity contribution in [2.75, 3.05) is 44.9 Å². The fourth-order valence-electron chi connectivity index (χ4n) is 12.1. The number of phenolic OH excluding ortho intramolecular Hbond substituents is 1. The average Bonchev–Trinajstić information content (AvgIpc) is 1.74. The number of aliphatic imine (C=N–C) groups is 1. The zero-order valence-corrected chi connectivity index (χ0v) is 62.2. The van der Waals surface area contributed by atoms with E-state index < -0.39 is 162 Å². The van der Waals surface area contributed by atoms with Crippen molar-refractivity contribution in [1.29, 1.82) is 0 Å². The van der Waals surface area contributed by atoms with Crippen molar-refractivity contribution in [3.63, 3.8) is 0 Å². The minimum absolute atomic E-state index is 0.0000293. The third kappa shape index (κ3) is 30.3. The Morgan fingerprint density at radius 3 is 1.83 bits per heavy atom. The predicted molar refractivity (Wildman–Crippen MR) is 392 cm³/mol. The lowest BCUT2D eigenvalue weighted by molar-refractivity contribution is -0.144. The smallest absolute Gasteiger partial charge is 0.305 e. The third-order valence-corrected chi connectivity index (χ3v) is 19.1. The normalized spacial score (nSPS) is 24.3. The highest BCUT2D eigenvalue weighted by molar-refractivity contribution is 7.98. The van der Waals surface area contributed by atoms with Crippen LogP contribution in [0.25, 0.3) is 0 Å². The number of carboxylic acid groups (broad SMARTS) is 2. The fraction of sp³-hybridized carbons (Fsp3) is 0.614. The Kier molecular flexibility index (Phi) is 35.9. The molecule has 5 rings (SSSR count). The van der Waals surface area contributed by atoms with E-state index in [9.17, 15) is 77.6 Å². The van der Waals surface area contributed by atoms with Gasteiger partial charge in [-0.05, 0) is 143 Å². The molecule has 35 heteroatoms. The second kappa shape index (κ2) is 43.8. The second-order valence-corrected chi connectivity index (χ2v) is 29.4. The maximum atomic E-state index is 15.0. The highest BCUT2D eigenvalue weighted by Crippen LogP contribution is 2.28. The number of rotatable bonds is 18. The Labute approximate surface area is 619 Å². The van der Waals surface area contributed by atoms with Gasteiger partial charge in [-0.25, -0.2) is 0 Å². The molecule has 2 bridgehead atoms. The van der Waals surface area contributed by atoms with Crippen LogP contribution in [0.1, 0.15) is 160 Å². The molecule has 105 heavy (non-hydrogen) atoms. The summed E-state index contributed by atoms with van der Waals surface area (Å²) >= 11 is 2.86. The zero-order valence-electron chi connectivity index (χ0n) is 60.6. The van der Waals surface area contributed by atoms with Gasteiger partial charge >= 0.3 is 11.9 Å². The van der Waals surface area contributed by atoms with E-state index in [4.69, 9.17) is 26.8 Å². The van der Waals surface area contributed by atoms with Crippen LogP contribution in [-0.4, -0.2) is 219 Å². The van der Waals surface area contributed by atoms with E-state index in [1.54, 1.807) is 32.5 Å². The standard InChI is InChI=1S/C70H105N15O18S2/c1-7-8-16-48-61(94)80-51(35-58(90)91)64(97)82-52(36-70(3,4)5)68(101)85-28-15-19-55(85)66(99)81-50(34-42-20-22-45(86)23-21-42)63(96)78-49(24-25-57(88)89)62(95)83-53(59(71)92)40-105-39-44-31-43(38-104-6)32-46(33-44)102-29-11-9-10-12-30-103-75-37-56(87)77-47(17-13-26-74-69(72)73)60(93)76-41(2)67(100)84-27-14-18-54(84)65(98)79-48/h20-23,31-33,37,41,47-55,86H,7-19,24-30,34-36,38-40H2,1-6H3,(H2,71,92)(H,76,93)(H,77,87)(H,78,96)(H,79,98)(H,80,94)(H,81,99)(H,82,97)(H,83,95)(H,88,89)(H,90,91)(H4,72,73,74)/t41-,47-,48-,49-,50-,51-,52-,53-,54-,55-/m0/s1. The summed E-state index contributed by atoms with van der Waals surface area (Å²) < 4.78 is 6.18. The number of nitrogens with two attached hydrogens (primary N) is 3. The molecule has 2 fully saturated rings. The zero-order chi connectivity index (χ0) is 77.3. The van der Waals surface area contributed by atoms with Gasteiger partial charge in [0.05, 0.1) is 13.0 Å². The van der Waals surface area contributed by atoms with Gasteiger partial charge in [0.2, 0.25) is 59.1 Å². The van der Waals surface area contributed by atoms with E-state index in [1.807, 2.05) is 31.4 Å². The molecule has 580 valence electrons. The van der Waals surface area contributed by atoms with Gasteiger partial charge in [0, 0.05) is 49.7 Å². The number of aromatic hydroxyl groups is 1. The monoisotopic (exact) mass is 1510 g/mol. The van der Waals surface area contributed by atoms with E-state index in [1.165, 1.54) is 52.8 Å². The number of carboxylic acids is 2. The van der Waals surface area contributed by atoms with Crippen molar-refractivity contribution in [3.05, 3.63) is 59.2 Å². The number of fused-ring (bicyclic) bond motifs is 4. The van der Waals surface area contributed by atoms with Gasteiger partial charge in [-0.15, -0.1) is 0 Å². The first-order chi connectivity index (χ1) is 49.9. The minimum atomic E-state index is -1.85. The molecule has 3 heterocycles. The van der Waals surface area contributed by atoms with Crippen LogP contribution < -0.4 is 64.5 Å². The van der Waals surface area contributed by atoms with Crippen molar-refractivity contribution in [3.8, 4) is 11.5 Å². The van der Waals surface area contributed by atoms with Crippen LogP contribution in [0.15, 0.2) is 52.6 Å². The average molecular weight is 1510 g/mol. The molecule has 0 saturated carbocycles. The number of nitrogens with one attached hydrogen (secondary N) is 8. The molecule has 0 aliphatic carbocycles. The van der Waals surface area contributed by atoms with Gasteiger partial charge in [0.25, 0.3) is 5.91 Å². The van der Waals surface area contributed by atoms with Crippen molar-refractivity contribution < 1.29 is 87.2 Å². The molecule has 0 unspecified atom stereocenters. The lowest BCUT2D eigenvalue weighted by Gasteiger charge is -2.33. The maximum Gasteiger partial charge on any atom is 0.305 e. The number of amides is 11. The summed E-state index contributed by atoms with van der Waals surface area (Å²) in [6, 6.07) is -2.64. The van der Waals surface area contributed by atoms with Crippen LogP contribution in [0.3, 0.4) is 0 Å². The summed E-state index contributed by atoms with van der Waals surface area (Å²) in [6.07, 6.45) is 5.05. The summed E-state index contributed by atoms with van der Waals surface area (Å²) in [6.45, 7) is 9.21.